The average molecular weight is 114 g/mol. The number of hydrogen-bond acceptors (Lipinski definition) is 4. The monoisotopic (exact) mass is 114 g/mol. The van der Waals surface area contributed by atoms with Crippen LogP contribution in [0.1, 0.15) is 5.56 Å². The number of rotatable bonds is 1. The molecule has 1 rings (SSSR count). The van der Waals surface area contributed by atoms with Crippen LogP contribution in [0.4, 0.5) is 5.88 Å². The zero-order valence-corrected chi connectivity index (χ0v) is 4.16. The SMILES string of the molecule is Nc1oncc1CO. The van der Waals surface area contributed by atoms with Crippen LogP contribution in [0.15, 0.2) is 10.7 Å². The van der Waals surface area contributed by atoms with Crippen molar-refractivity contribution in [3.05, 3.63) is 11.8 Å². The van der Waals surface area contributed by atoms with E-state index in [0.29, 0.717) is 5.56 Å². The van der Waals surface area contributed by atoms with E-state index in [4.69, 9.17) is 10.8 Å². The molecule has 0 spiro atoms. The Morgan fingerprint density at radius 2 is 2.62 bits per heavy atom. The normalized spacial score (nSPS) is 9.62. The van der Waals surface area contributed by atoms with E-state index in [2.05, 4.69) is 9.68 Å². The lowest BCUT2D eigenvalue weighted by atomic mass is 10.4. The van der Waals surface area contributed by atoms with Crippen LogP contribution in [0.5, 0.6) is 0 Å². The van der Waals surface area contributed by atoms with Gasteiger partial charge in [0, 0.05) is 0 Å². The van der Waals surface area contributed by atoms with E-state index >= 15 is 0 Å². The first-order valence-electron chi connectivity index (χ1n) is 2.14. The van der Waals surface area contributed by atoms with E-state index in [9.17, 15) is 0 Å². The molecule has 4 heteroatoms. The van der Waals surface area contributed by atoms with E-state index in [1.807, 2.05) is 0 Å². The van der Waals surface area contributed by atoms with Gasteiger partial charge in [-0.3, -0.25) is 0 Å². The quantitative estimate of drug-likeness (QED) is 0.528. The number of aliphatic hydroxyl groups is 1. The van der Waals surface area contributed by atoms with Crippen LogP contribution >= 0.6 is 0 Å². The molecule has 1 heterocycles. The van der Waals surface area contributed by atoms with Gasteiger partial charge in [0.05, 0.1) is 18.4 Å². The summed E-state index contributed by atoms with van der Waals surface area (Å²) in [5.41, 5.74) is 5.69. The molecule has 1 aromatic rings. The van der Waals surface area contributed by atoms with Crippen molar-refractivity contribution in [2.24, 2.45) is 0 Å². The van der Waals surface area contributed by atoms with Gasteiger partial charge in [0.15, 0.2) is 0 Å². The Kier molecular flexibility index (Phi) is 1.17. The summed E-state index contributed by atoms with van der Waals surface area (Å²) in [6.07, 6.45) is 1.38. The van der Waals surface area contributed by atoms with Gasteiger partial charge in [-0.1, -0.05) is 5.16 Å². The first-order valence-corrected chi connectivity index (χ1v) is 2.14. The number of nitrogen functional groups attached to an aromatic ring is 1. The third-order valence-electron chi connectivity index (χ3n) is 0.846. The number of aliphatic hydroxyl groups excluding tert-OH is 1. The first kappa shape index (κ1) is 5.11. The zero-order valence-electron chi connectivity index (χ0n) is 4.16. The van der Waals surface area contributed by atoms with Crippen LogP contribution in [-0.4, -0.2) is 10.3 Å². The number of nitrogens with zero attached hydrogens (tertiary/aromatic N) is 1. The summed E-state index contributed by atoms with van der Waals surface area (Å²) in [5.74, 6) is 0.188. The number of anilines is 1. The highest BCUT2D eigenvalue weighted by molar-refractivity contribution is 5.32. The van der Waals surface area contributed by atoms with Crippen LogP contribution in [0.25, 0.3) is 0 Å². The van der Waals surface area contributed by atoms with E-state index in [0.717, 1.165) is 0 Å². The minimum atomic E-state index is -0.116. The molecule has 0 aromatic carbocycles. The van der Waals surface area contributed by atoms with Crippen LogP contribution < -0.4 is 5.73 Å². The maximum absolute atomic E-state index is 8.43. The predicted octanol–water partition coefficient (Wildman–Crippen LogP) is -0.251. The number of aromatic nitrogens is 1. The van der Waals surface area contributed by atoms with Crippen LogP contribution in [0.3, 0.4) is 0 Å². The number of hydrogen-bond donors (Lipinski definition) is 2. The van der Waals surface area contributed by atoms with E-state index in [-0.39, 0.29) is 12.5 Å². The van der Waals surface area contributed by atoms with Gasteiger partial charge in [-0.05, 0) is 0 Å². The second-order valence-corrected chi connectivity index (χ2v) is 1.37. The second kappa shape index (κ2) is 1.83. The maximum Gasteiger partial charge on any atom is 0.227 e. The first-order chi connectivity index (χ1) is 3.84. The molecule has 0 saturated carbocycles. The molecule has 0 bridgehead atoms. The van der Waals surface area contributed by atoms with Crippen molar-refractivity contribution >= 4 is 5.88 Å². The summed E-state index contributed by atoms with van der Waals surface area (Å²) >= 11 is 0. The third-order valence-corrected chi connectivity index (χ3v) is 0.846. The second-order valence-electron chi connectivity index (χ2n) is 1.37. The van der Waals surface area contributed by atoms with Crippen molar-refractivity contribution in [2.75, 3.05) is 5.73 Å². The van der Waals surface area contributed by atoms with Crippen molar-refractivity contribution in [2.45, 2.75) is 6.61 Å². The molecular formula is C4H6N2O2. The molecule has 0 fully saturated rings. The largest absolute Gasteiger partial charge is 0.391 e. The van der Waals surface area contributed by atoms with Gasteiger partial charge in [0.1, 0.15) is 0 Å². The zero-order chi connectivity index (χ0) is 5.98. The molecule has 0 saturated heterocycles. The van der Waals surface area contributed by atoms with Crippen LogP contribution in [0.2, 0.25) is 0 Å². The Balaban J connectivity index is 2.92. The van der Waals surface area contributed by atoms with E-state index in [1.54, 1.807) is 0 Å². The molecule has 3 N–H and O–H groups in total. The molecule has 1 aromatic heterocycles. The van der Waals surface area contributed by atoms with Crippen molar-refractivity contribution in [1.82, 2.24) is 5.16 Å². The van der Waals surface area contributed by atoms with Gasteiger partial charge < -0.3 is 15.4 Å². The van der Waals surface area contributed by atoms with Gasteiger partial charge in [-0.15, -0.1) is 0 Å². The lowest BCUT2D eigenvalue weighted by Gasteiger charge is -1.83. The fourth-order valence-corrected chi connectivity index (χ4v) is 0.388. The predicted molar refractivity (Wildman–Crippen MR) is 26.8 cm³/mol. The highest BCUT2D eigenvalue weighted by Gasteiger charge is 1.98. The Labute approximate surface area is 45.9 Å². The molecule has 0 aliphatic rings. The van der Waals surface area contributed by atoms with Gasteiger partial charge in [0.25, 0.3) is 0 Å². The number of nitrogens with two attached hydrogens (primary N) is 1. The smallest absolute Gasteiger partial charge is 0.227 e. The summed E-state index contributed by atoms with van der Waals surface area (Å²) in [5, 5.41) is 11.8. The lowest BCUT2D eigenvalue weighted by Crippen LogP contribution is -1.87. The molecule has 0 unspecified atom stereocenters. The fourth-order valence-electron chi connectivity index (χ4n) is 0.388. The Hall–Kier alpha value is -1.03. The summed E-state index contributed by atoms with van der Waals surface area (Å²) in [6, 6.07) is 0. The van der Waals surface area contributed by atoms with Crippen molar-refractivity contribution in [3.8, 4) is 0 Å². The van der Waals surface area contributed by atoms with Gasteiger partial charge in [-0.25, -0.2) is 0 Å². The van der Waals surface area contributed by atoms with Crippen molar-refractivity contribution < 1.29 is 9.63 Å². The maximum atomic E-state index is 8.43. The Bertz CT molecular complexity index is 172. The van der Waals surface area contributed by atoms with E-state index < -0.39 is 0 Å². The molecule has 0 atom stereocenters. The van der Waals surface area contributed by atoms with Crippen LogP contribution in [0, 0.1) is 0 Å². The summed E-state index contributed by atoms with van der Waals surface area (Å²) in [4.78, 5) is 0. The lowest BCUT2D eigenvalue weighted by molar-refractivity contribution is 0.281. The summed E-state index contributed by atoms with van der Waals surface area (Å²) < 4.78 is 4.42. The molecule has 0 aliphatic carbocycles. The van der Waals surface area contributed by atoms with Gasteiger partial charge in [0.2, 0.25) is 5.88 Å². The molecular weight excluding hydrogens is 108 g/mol. The minimum Gasteiger partial charge on any atom is -0.391 e. The molecule has 4 nitrogen and oxygen atoms in total. The van der Waals surface area contributed by atoms with Gasteiger partial charge >= 0.3 is 0 Å². The standard InChI is InChI=1S/C4H6N2O2/c5-4-3(2-7)1-6-8-4/h1,7H,2,5H2. The summed E-state index contributed by atoms with van der Waals surface area (Å²) in [6.45, 7) is -0.116. The fraction of sp³-hybridized carbons (Fsp3) is 0.250. The summed E-state index contributed by atoms with van der Waals surface area (Å²) in [7, 11) is 0. The van der Waals surface area contributed by atoms with Crippen molar-refractivity contribution in [3.63, 3.8) is 0 Å². The van der Waals surface area contributed by atoms with E-state index in [1.165, 1.54) is 6.20 Å². The molecule has 0 amide bonds. The molecule has 0 radical (unpaired) electrons. The highest BCUT2D eigenvalue weighted by Crippen LogP contribution is 2.07. The average Bonchev–Trinajstić information content (AvgIpc) is 2.14. The van der Waals surface area contributed by atoms with Crippen molar-refractivity contribution in [1.29, 1.82) is 0 Å². The molecule has 0 aliphatic heterocycles. The molecule has 8 heavy (non-hydrogen) atoms. The minimum absolute atomic E-state index is 0.116. The molecule has 44 valence electrons. The highest BCUT2D eigenvalue weighted by atomic mass is 16.5. The Morgan fingerprint density at radius 3 is 2.88 bits per heavy atom. The topological polar surface area (TPSA) is 72.3 Å². The van der Waals surface area contributed by atoms with Gasteiger partial charge in [-0.2, -0.15) is 0 Å². The third kappa shape index (κ3) is 0.651. The van der Waals surface area contributed by atoms with Crippen LogP contribution in [-0.2, 0) is 6.61 Å². The Morgan fingerprint density at radius 1 is 1.88 bits per heavy atom.